The van der Waals surface area contributed by atoms with Gasteiger partial charge in [0.15, 0.2) is 0 Å². The van der Waals surface area contributed by atoms with Gasteiger partial charge in [-0.2, -0.15) is 0 Å². The van der Waals surface area contributed by atoms with Crippen molar-refractivity contribution in [1.29, 1.82) is 0 Å². The molecular weight excluding hydrogens is 252 g/mol. The summed E-state index contributed by atoms with van der Waals surface area (Å²) in [5.74, 6) is 0. The lowest BCUT2D eigenvalue weighted by atomic mass is 10.1. The van der Waals surface area contributed by atoms with Gasteiger partial charge < -0.3 is 9.16 Å². The van der Waals surface area contributed by atoms with Crippen molar-refractivity contribution in [2.24, 2.45) is 0 Å². The van der Waals surface area contributed by atoms with Crippen molar-refractivity contribution in [1.82, 2.24) is 0 Å². The maximum Gasteiger partial charge on any atom is 0.210 e. The van der Waals surface area contributed by atoms with Crippen LogP contribution in [0.15, 0.2) is 0 Å². The lowest BCUT2D eigenvalue weighted by Crippen LogP contribution is -2.55. The molecule has 1 aliphatic heterocycles. The van der Waals surface area contributed by atoms with Crippen LogP contribution in [0.25, 0.3) is 0 Å². The van der Waals surface area contributed by atoms with Gasteiger partial charge in [-0.05, 0) is 15.6 Å². The SMILES string of the molecule is CCCCC1CC(OC)O[Si]1(C(C)(C)C)C(C)(C)C. The second kappa shape index (κ2) is 5.86. The Morgan fingerprint density at radius 2 is 1.63 bits per heavy atom. The highest BCUT2D eigenvalue weighted by molar-refractivity contribution is 6.81. The zero-order valence-corrected chi connectivity index (χ0v) is 15.3. The zero-order valence-electron chi connectivity index (χ0n) is 14.3. The molecule has 2 unspecified atom stereocenters. The van der Waals surface area contributed by atoms with E-state index in [0.29, 0.717) is 0 Å². The molecule has 19 heavy (non-hydrogen) atoms. The number of ether oxygens (including phenoxy) is 1. The van der Waals surface area contributed by atoms with Crippen molar-refractivity contribution in [3.05, 3.63) is 0 Å². The minimum atomic E-state index is -1.91. The van der Waals surface area contributed by atoms with Gasteiger partial charge in [0.2, 0.25) is 8.32 Å². The van der Waals surface area contributed by atoms with Crippen molar-refractivity contribution >= 4 is 8.32 Å². The quantitative estimate of drug-likeness (QED) is 0.637. The molecule has 3 heteroatoms. The fourth-order valence-electron chi connectivity index (χ4n) is 4.37. The van der Waals surface area contributed by atoms with E-state index in [1.54, 1.807) is 7.11 Å². The Morgan fingerprint density at radius 3 is 2.00 bits per heavy atom. The van der Waals surface area contributed by atoms with Gasteiger partial charge in [0.1, 0.15) is 6.29 Å². The number of hydrogen-bond acceptors (Lipinski definition) is 2. The summed E-state index contributed by atoms with van der Waals surface area (Å²) >= 11 is 0. The van der Waals surface area contributed by atoms with E-state index in [9.17, 15) is 0 Å². The highest BCUT2D eigenvalue weighted by Gasteiger charge is 2.64. The Morgan fingerprint density at radius 1 is 1.11 bits per heavy atom. The molecule has 0 spiro atoms. The smallest absolute Gasteiger partial charge is 0.210 e. The molecule has 1 aliphatic rings. The van der Waals surface area contributed by atoms with Gasteiger partial charge in [0.05, 0.1) is 0 Å². The summed E-state index contributed by atoms with van der Waals surface area (Å²) in [7, 11) is -0.122. The standard InChI is InChI=1S/C16H34O2Si/c1-9-10-11-13-12-14(17-8)18-19(13,15(2,3)4)16(5,6)7/h13-14H,9-12H2,1-8H3. The lowest BCUT2D eigenvalue weighted by Gasteiger charge is -2.51. The zero-order chi connectivity index (χ0) is 14.9. The largest absolute Gasteiger partial charge is 0.391 e. The van der Waals surface area contributed by atoms with E-state index in [1.165, 1.54) is 19.3 Å². The van der Waals surface area contributed by atoms with Gasteiger partial charge in [-0.15, -0.1) is 0 Å². The third-order valence-electron chi connectivity index (χ3n) is 4.77. The van der Waals surface area contributed by atoms with Crippen molar-refractivity contribution in [3.8, 4) is 0 Å². The summed E-state index contributed by atoms with van der Waals surface area (Å²) in [6.07, 6.45) is 5.00. The predicted molar refractivity (Wildman–Crippen MR) is 85.0 cm³/mol. The number of methoxy groups -OCH3 is 1. The number of hydrogen-bond donors (Lipinski definition) is 0. The van der Waals surface area contributed by atoms with Gasteiger partial charge in [0.25, 0.3) is 0 Å². The molecule has 0 bridgehead atoms. The second-order valence-electron chi connectivity index (χ2n) is 8.09. The van der Waals surface area contributed by atoms with Crippen LogP contribution in [0.2, 0.25) is 15.6 Å². The minimum Gasteiger partial charge on any atom is -0.391 e. The van der Waals surface area contributed by atoms with Crippen LogP contribution in [-0.4, -0.2) is 21.7 Å². The number of unbranched alkanes of at least 4 members (excludes halogenated alkanes) is 1. The Bertz CT molecular complexity index is 274. The van der Waals surface area contributed by atoms with Crippen molar-refractivity contribution in [2.45, 2.75) is 96.1 Å². The first-order chi connectivity index (χ1) is 8.60. The van der Waals surface area contributed by atoms with Gasteiger partial charge in [-0.25, -0.2) is 0 Å². The summed E-state index contributed by atoms with van der Waals surface area (Å²) < 4.78 is 12.2. The Labute approximate surface area is 121 Å². The third kappa shape index (κ3) is 3.08. The van der Waals surface area contributed by atoms with Crippen molar-refractivity contribution in [2.75, 3.05) is 7.11 Å². The highest BCUT2D eigenvalue weighted by Crippen LogP contribution is 2.63. The highest BCUT2D eigenvalue weighted by atomic mass is 28.4. The van der Waals surface area contributed by atoms with Gasteiger partial charge in [-0.3, -0.25) is 0 Å². The van der Waals surface area contributed by atoms with E-state index in [4.69, 9.17) is 9.16 Å². The third-order valence-corrected chi connectivity index (χ3v) is 11.5. The summed E-state index contributed by atoms with van der Waals surface area (Å²) in [5, 5.41) is 0.494. The van der Waals surface area contributed by atoms with Crippen LogP contribution in [0.1, 0.15) is 74.1 Å². The van der Waals surface area contributed by atoms with Crippen LogP contribution in [0.3, 0.4) is 0 Å². The summed E-state index contributed by atoms with van der Waals surface area (Å²) in [5.41, 5.74) is 0.720. The van der Waals surface area contributed by atoms with Crippen LogP contribution < -0.4 is 0 Å². The molecule has 0 aromatic rings. The molecule has 1 rings (SSSR count). The molecule has 0 N–H and O–H groups in total. The van der Waals surface area contributed by atoms with Crippen LogP contribution in [0, 0.1) is 0 Å². The fourth-order valence-corrected chi connectivity index (χ4v) is 11.7. The van der Waals surface area contributed by atoms with Crippen LogP contribution in [-0.2, 0) is 9.16 Å². The molecule has 114 valence electrons. The molecule has 1 saturated heterocycles. The van der Waals surface area contributed by atoms with E-state index in [1.807, 2.05) is 0 Å². The van der Waals surface area contributed by atoms with E-state index < -0.39 is 8.32 Å². The fraction of sp³-hybridized carbons (Fsp3) is 1.00. The molecule has 1 fully saturated rings. The van der Waals surface area contributed by atoms with Gasteiger partial charge in [-0.1, -0.05) is 67.7 Å². The minimum absolute atomic E-state index is 0.0203. The first-order valence-electron chi connectivity index (χ1n) is 7.80. The Balaban J connectivity index is 3.17. The maximum absolute atomic E-state index is 6.65. The normalized spacial score (nSPS) is 27.8. The maximum atomic E-state index is 6.65. The number of rotatable bonds is 4. The predicted octanol–water partition coefficient (Wildman–Crippen LogP) is 5.49. The Kier molecular flexibility index (Phi) is 5.31. The van der Waals surface area contributed by atoms with Gasteiger partial charge in [0, 0.05) is 13.5 Å². The van der Waals surface area contributed by atoms with Crippen LogP contribution >= 0.6 is 0 Å². The Hall–Kier alpha value is 0.137. The van der Waals surface area contributed by atoms with Crippen LogP contribution in [0.4, 0.5) is 0 Å². The van der Waals surface area contributed by atoms with E-state index in [2.05, 4.69) is 48.5 Å². The molecule has 0 aromatic heterocycles. The monoisotopic (exact) mass is 286 g/mol. The molecule has 0 aliphatic carbocycles. The van der Waals surface area contributed by atoms with Crippen molar-refractivity contribution < 1.29 is 9.16 Å². The van der Waals surface area contributed by atoms with Crippen molar-refractivity contribution in [3.63, 3.8) is 0 Å². The molecular formula is C16H34O2Si. The topological polar surface area (TPSA) is 18.5 Å². The van der Waals surface area contributed by atoms with E-state index in [-0.39, 0.29) is 16.4 Å². The summed E-state index contributed by atoms with van der Waals surface area (Å²) in [6.45, 7) is 16.5. The summed E-state index contributed by atoms with van der Waals surface area (Å²) in [6, 6.07) is 0. The average molecular weight is 287 g/mol. The first-order valence-corrected chi connectivity index (χ1v) is 9.79. The van der Waals surface area contributed by atoms with Crippen LogP contribution in [0.5, 0.6) is 0 Å². The molecule has 2 atom stereocenters. The second-order valence-corrected chi connectivity index (χ2v) is 13.6. The van der Waals surface area contributed by atoms with Gasteiger partial charge >= 0.3 is 0 Å². The average Bonchev–Trinajstić information content (AvgIpc) is 2.64. The lowest BCUT2D eigenvalue weighted by molar-refractivity contribution is -0.0499. The van der Waals surface area contributed by atoms with E-state index >= 15 is 0 Å². The van der Waals surface area contributed by atoms with E-state index in [0.717, 1.165) is 12.0 Å². The molecule has 0 amide bonds. The molecule has 1 heterocycles. The summed E-state index contributed by atoms with van der Waals surface area (Å²) in [4.78, 5) is 0. The molecule has 0 radical (unpaired) electrons. The molecule has 2 nitrogen and oxygen atoms in total. The first kappa shape index (κ1) is 17.2. The molecule has 0 aromatic carbocycles. The molecule has 0 saturated carbocycles.